The van der Waals surface area contributed by atoms with Gasteiger partial charge in [0.05, 0.1) is 0 Å². The van der Waals surface area contributed by atoms with Crippen molar-refractivity contribution < 1.29 is 9.18 Å². The fourth-order valence-corrected chi connectivity index (χ4v) is 3.22. The van der Waals surface area contributed by atoms with Gasteiger partial charge < -0.3 is 15.1 Å². The normalized spacial score (nSPS) is 14.6. The third kappa shape index (κ3) is 4.57. The van der Waals surface area contributed by atoms with E-state index >= 15 is 0 Å². The molecule has 148 valence electrons. The van der Waals surface area contributed by atoms with Crippen molar-refractivity contribution in [3.05, 3.63) is 72.2 Å². The van der Waals surface area contributed by atoms with Gasteiger partial charge in [0.25, 0.3) is 5.91 Å². The molecule has 0 unspecified atom stereocenters. The molecule has 6 nitrogen and oxygen atoms in total. The van der Waals surface area contributed by atoms with E-state index in [0.717, 1.165) is 18.7 Å². The lowest BCUT2D eigenvalue weighted by Crippen LogP contribution is -2.47. The second-order valence-corrected chi connectivity index (χ2v) is 7.06. The van der Waals surface area contributed by atoms with Crippen molar-refractivity contribution in [3.63, 3.8) is 0 Å². The summed E-state index contributed by atoms with van der Waals surface area (Å²) in [6.45, 7) is 2.98. The first-order chi connectivity index (χ1) is 14.1. The molecule has 1 saturated heterocycles. The van der Waals surface area contributed by atoms with E-state index in [2.05, 4.69) is 20.2 Å². The van der Waals surface area contributed by atoms with E-state index in [9.17, 15) is 9.18 Å². The quantitative estimate of drug-likeness (QED) is 0.739. The zero-order valence-corrected chi connectivity index (χ0v) is 16.2. The summed E-state index contributed by atoms with van der Waals surface area (Å²) in [5.41, 5.74) is 1.69. The summed E-state index contributed by atoms with van der Waals surface area (Å²) < 4.78 is 13.6. The van der Waals surface area contributed by atoms with Gasteiger partial charge in [0.15, 0.2) is 5.82 Å². The summed E-state index contributed by atoms with van der Waals surface area (Å²) >= 11 is 0. The van der Waals surface area contributed by atoms with E-state index in [0.29, 0.717) is 36.1 Å². The molecule has 1 N–H and O–H groups in total. The molecule has 1 aliphatic heterocycles. The highest BCUT2D eigenvalue weighted by atomic mass is 19.1. The molecular weight excluding hydrogens is 369 g/mol. The van der Waals surface area contributed by atoms with Crippen molar-refractivity contribution in [2.45, 2.75) is 0 Å². The minimum absolute atomic E-state index is 0.125. The Morgan fingerprint density at radius 2 is 1.72 bits per heavy atom. The summed E-state index contributed by atoms with van der Waals surface area (Å²) in [5.74, 6) is 0.424. The van der Waals surface area contributed by atoms with Crippen LogP contribution in [0, 0.1) is 5.82 Å². The van der Waals surface area contributed by atoms with Crippen molar-refractivity contribution in [2.75, 3.05) is 38.5 Å². The number of carbonyl (C=O) groups is 1. The molecule has 0 aliphatic carbocycles. The molecule has 0 radical (unpaired) electrons. The molecule has 0 atom stereocenters. The van der Waals surface area contributed by atoms with E-state index in [1.54, 1.807) is 18.2 Å². The van der Waals surface area contributed by atoms with E-state index in [4.69, 9.17) is 0 Å². The van der Waals surface area contributed by atoms with Gasteiger partial charge >= 0.3 is 0 Å². The van der Waals surface area contributed by atoms with E-state index < -0.39 is 0 Å². The predicted octanol–water partition coefficient (Wildman–Crippen LogP) is 3.41. The smallest absolute Gasteiger partial charge is 0.272 e. The van der Waals surface area contributed by atoms with Crippen LogP contribution < -0.4 is 5.32 Å². The van der Waals surface area contributed by atoms with Crippen LogP contribution in [-0.2, 0) is 0 Å². The Morgan fingerprint density at radius 1 is 0.966 bits per heavy atom. The average molecular weight is 391 g/mol. The van der Waals surface area contributed by atoms with Gasteiger partial charge in [-0.25, -0.2) is 14.4 Å². The summed E-state index contributed by atoms with van der Waals surface area (Å²) in [6.07, 6.45) is 0. The van der Waals surface area contributed by atoms with Crippen LogP contribution in [0.5, 0.6) is 0 Å². The number of hydrogen-bond donors (Lipinski definition) is 1. The number of nitrogens with one attached hydrogen (secondary N) is 1. The first kappa shape index (κ1) is 19.0. The molecule has 2 aromatic carbocycles. The largest absolute Gasteiger partial charge is 0.340 e. The van der Waals surface area contributed by atoms with Gasteiger partial charge in [-0.2, -0.15) is 0 Å². The SMILES string of the molecule is CN1CCN(C(=O)c2cc(Nc3cccc(F)c3)nc(-c3ccccc3)n2)CC1. The molecule has 0 spiro atoms. The number of anilines is 2. The van der Waals surface area contributed by atoms with Gasteiger partial charge in [0.1, 0.15) is 17.3 Å². The molecule has 0 bridgehead atoms. The summed E-state index contributed by atoms with van der Waals surface area (Å²) in [6, 6.07) is 17.2. The van der Waals surface area contributed by atoms with Crippen LogP contribution in [0.2, 0.25) is 0 Å². The van der Waals surface area contributed by atoms with Crippen LogP contribution >= 0.6 is 0 Å². The first-order valence-electron chi connectivity index (χ1n) is 9.53. The van der Waals surface area contributed by atoms with E-state index in [1.807, 2.05) is 42.3 Å². The number of halogens is 1. The minimum atomic E-state index is -0.346. The molecule has 3 aromatic rings. The molecule has 0 saturated carbocycles. The molecular formula is C22H22FN5O. The van der Waals surface area contributed by atoms with Crippen molar-refractivity contribution in [3.8, 4) is 11.4 Å². The summed E-state index contributed by atoms with van der Waals surface area (Å²) in [4.78, 5) is 26.1. The summed E-state index contributed by atoms with van der Waals surface area (Å²) in [5, 5.41) is 3.09. The zero-order chi connectivity index (χ0) is 20.2. The Kier molecular flexibility index (Phi) is 5.48. The predicted molar refractivity (Wildman–Crippen MR) is 111 cm³/mol. The second kappa shape index (κ2) is 8.36. The number of amides is 1. The number of nitrogens with zero attached hydrogens (tertiary/aromatic N) is 4. The van der Waals surface area contributed by atoms with Crippen LogP contribution in [0.3, 0.4) is 0 Å². The highest BCUT2D eigenvalue weighted by Gasteiger charge is 2.23. The number of carbonyl (C=O) groups excluding carboxylic acids is 1. The molecule has 29 heavy (non-hydrogen) atoms. The maximum absolute atomic E-state index is 13.6. The molecule has 2 heterocycles. The lowest BCUT2D eigenvalue weighted by Gasteiger charge is -2.32. The van der Waals surface area contributed by atoms with Crippen LogP contribution in [0.15, 0.2) is 60.7 Å². The standard InChI is InChI=1S/C22H22FN5O/c1-27-10-12-28(13-11-27)22(29)19-15-20(24-18-9-5-8-17(23)14-18)26-21(25-19)16-6-3-2-4-7-16/h2-9,14-15H,10-13H2,1H3,(H,24,25,26). The molecule has 4 rings (SSSR count). The zero-order valence-electron chi connectivity index (χ0n) is 16.2. The Bertz CT molecular complexity index is 1000. The van der Waals surface area contributed by atoms with Gasteiger partial charge in [-0.15, -0.1) is 0 Å². The Balaban J connectivity index is 1.69. The molecule has 1 aromatic heterocycles. The number of likely N-dealkylation sites (N-methyl/N-ethyl adjacent to an activating group) is 1. The van der Waals surface area contributed by atoms with Gasteiger partial charge in [0, 0.05) is 43.5 Å². The highest BCUT2D eigenvalue weighted by molar-refractivity contribution is 5.93. The highest BCUT2D eigenvalue weighted by Crippen LogP contribution is 2.22. The molecule has 1 fully saturated rings. The van der Waals surface area contributed by atoms with Crippen LogP contribution in [-0.4, -0.2) is 58.9 Å². The van der Waals surface area contributed by atoms with E-state index in [-0.39, 0.29) is 11.7 Å². The lowest BCUT2D eigenvalue weighted by molar-refractivity contribution is 0.0658. The summed E-state index contributed by atoms with van der Waals surface area (Å²) in [7, 11) is 2.04. The first-order valence-corrected chi connectivity index (χ1v) is 9.53. The number of piperazine rings is 1. The maximum atomic E-state index is 13.6. The Labute approximate surface area is 169 Å². The van der Waals surface area contributed by atoms with E-state index in [1.165, 1.54) is 12.1 Å². The fourth-order valence-electron chi connectivity index (χ4n) is 3.22. The number of benzene rings is 2. The second-order valence-electron chi connectivity index (χ2n) is 7.06. The lowest BCUT2D eigenvalue weighted by atomic mass is 10.2. The monoisotopic (exact) mass is 391 g/mol. The van der Waals surface area contributed by atoms with Crippen molar-refractivity contribution in [1.29, 1.82) is 0 Å². The van der Waals surface area contributed by atoms with Crippen molar-refractivity contribution in [1.82, 2.24) is 19.8 Å². The van der Waals surface area contributed by atoms with Crippen LogP contribution in [0.4, 0.5) is 15.9 Å². The molecule has 1 amide bonds. The Morgan fingerprint density at radius 3 is 2.45 bits per heavy atom. The molecule has 7 heteroatoms. The van der Waals surface area contributed by atoms with Crippen LogP contribution in [0.25, 0.3) is 11.4 Å². The topological polar surface area (TPSA) is 61.4 Å². The maximum Gasteiger partial charge on any atom is 0.272 e. The molecule has 1 aliphatic rings. The van der Waals surface area contributed by atoms with Crippen molar-refractivity contribution in [2.24, 2.45) is 0 Å². The van der Waals surface area contributed by atoms with Gasteiger partial charge in [-0.1, -0.05) is 36.4 Å². The average Bonchev–Trinajstić information content (AvgIpc) is 2.74. The van der Waals surface area contributed by atoms with Crippen LogP contribution in [0.1, 0.15) is 10.5 Å². The fraction of sp³-hybridized carbons (Fsp3) is 0.227. The van der Waals surface area contributed by atoms with Gasteiger partial charge in [-0.3, -0.25) is 4.79 Å². The van der Waals surface area contributed by atoms with Gasteiger partial charge in [-0.05, 0) is 25.2 Å². The number of hydrogen-bond acceptors (Lipinski definition) is 5. The third-order valence-corrected chi connectivity index (χ3v) is 4.86. The minimum Gasteiger partial charge on any atom is -0.340 e. The Hall–Kier alpha value is -3.32. The number of aromatic nitrogens is 2. The van der Waals surface area contributed by atoms with Gasteiger partial charge in [0.2, 0.25) is 0 Å². The number of rotatable bonds is 4. The van der Waals surface area contributed by atoms with Crippen molar-refractivity contribution >= 4 is 17.4 Å². The third-order valence-electron chi connectivity index (χ3n) is 4.86.